The molecule has 0 aromatic carbocycles. The van der Waals surface area contributed by atoms with Crippen molar-refractivity contribution in [2.75, 3.05) is 7.05 Å². The summed E-state index contributed by atoms with van der Waals surface area (Å²) in [4.78, 5) is 2.62. The number of nitrogens with zero attached hydrogens (tertiary/aromatic N) is 1. The maximum atomic E-state index is 2.62. The van der Waals surface area contributed by atoms with Gasteiger partial charge in [-0.05, 0) is 38.1 Å². The van der Waals surface area contributed by atoms with Gasteiger partial charge in [0.25, 0.3) is 0 Å². The van der Waals surface area contributed by atoms with E-state index in [0.29, 0.717) is 0 Å². The molecule has 0 aromatic heterocycles. The van der Waals surface area contributed by atoms with Crippen LogP contribution in [-0.2, 0) is 0 Å². The number of hydrogen-bond donors (Lipinski definition) is 0. The molecule has 1 heteroatoms. The van der Waals surface area contributed by atoms with Gasteiger partial charge < -0.3 is 0 Å². The fourth-order valence-corrected chi connectivity index (χ4v) is 2.83. The minimum atomic E-state index is 0.852. The van der Waals surface area contributed by atoms with Gasteiger partial charge in [-0.1, -0.05) is 13.8 Å². The van der Waals surface area contributed by atoms with Crippen LogP contribution in [0.2, 0.25) is 0 Å². The van der Waals surface area contributed by atoms with Crippen molar-refractivity contribution in [2.24, 2.45) is 11.8 Å². The molecule has 2 aliphatic rings. The van der Waals surface area contributed by atoms with Gasteiger partial charge in [-0.25, -0.2) is 0 Å². The minimum absolute atomic E-state index is 0.852. The van der Waals surface area contributed by atoms with E-state index in [2.05, 4.69) is 25.8 Å². The van der Waals surface area contributed by atoms with Crippen LogP contribution in [-0.4, -0.2) is 24.0 Å². The molecule has 1 heterocycles. The van der Waals surface area contributed by atoms with Gasteiger partial charge >= 0.3 is 0 Å². The molecule has 3 unspecified atom stereocenters. The maximum absolute atomic E-state index is 2.62. The van der Waals surface area contributed by atoms with Gasteiger partial charge in [-0.2, -0.15) is 0 Å². The smallest absolute Gasteiger partial charge is 0.0124 e. The van der Waals surface area contributed by atoms with Crippen LogP contribution in [0.4, 0.5) is 0 Å². The van der Waals surface area contributed by atoms with Crippen LogP contribution in [0.25, 0.3) is 0 Å². The molecule has 0 amide bonds. The Morgan fingerprint density at radius 3 is 2.27 bits per heavy atom. The summed E-state index contributed by atoms with van der Waals surface area (Å²) >= 11 is 0. The molecule has 1 saturated heterocycles. The van der Waals surface area contributed by atoms with E-state index in [1.807, 2.05) is 0 Å². The Bertz CT molecular complexity index is 153. The molecule has 0 spiro atoms. The Balaban J connectivity index is 2.03. The van der Waals surface area contributed by atoms with Crippen LogP contribution in [0.1, 0.15) is 33.1 Å². The van der Waals surface area contributed by atoms with Crippen molar-refractivity contribution in [2.45, 2.75) is 45.2 Å². The number of fused-ring (bicyclic) bond motifs is 1. The van der Waals surface area contributed by atoms with Gasteiger partial charge in [0, 0.05) is 12.1 Å². The van der Waals surface area contributed by atoms with Crippen molar-refractivity contribution >= 4 is 0 Å². The first kappa shape index (κ1) is 7.60. The highest BCUT2D eigenvalue weighted by Crippen LogP contribution is 2.44. The van der Waals surface area contributed by atoms with E-state index >= 15 is 0 Å². The molecule has 0 aromatic rings. The van der Waals surface area contributed by atoms with Gasteiger partial charge in [0.05, 0.1) is 0 Å². The van der Waals surface area contributed by atoms with Gasteiger partial charge in [-0.15, -0.1) is 0 Å². The zero-order valence-corrected chi connectivity index (χ0v) is 7.88. The van der Waals surface area contributed by atoms with E-state index in [0.717, 1.165) is 23.9 Å². The zero-order chi connectivity index (χ0) is 8.01. The molecule has 11 heavy (non-hydrogen) atoms. The summed E-state index contributed by atoms with van der Waals surface area (Å²) in [6, 6.07) is 1.84. The number of likely N-dealkylation sites (tertiary alicyclic amines) is 1. The molecule has 64 valence electrons. The Hall–Kier alpha value is -0.0400. The Morgan fingerprint density at radius 1 is 1.27 bits per heavy atom. The summed E-state index contributed by atoms with van der Waals surface area (Å²) in [5, 5.41) is 0. The second kappa shape index (κ2) is 2.48. The predicted molar refractivity (Wildman–Crippen MR) is 47.5 cm³/mol. The van der Waals surface area contributed by atoms with Crippen LogP contribution in [0.3, 0.4) is 0 Å². The van der Waals surface area contributed by atoms with Crippen LogP contribution >= 0.6 is 0 Å². The zero-order valence-electron chi connectivity index (χ0n) is 7.88. The fraction of sp³-hybridized carbons (Fsp3) is 1.00. The standard InChI is InChI=1S/C10H19N/c1-7(2)10-6-8-4-5-9(8)11(10)3/h7-10H,4-6H2,1-3H3. The lowest BCUT2D eigenvalue weighted by atomic mass is 9.79. The van der Waals surface area contributed by atoms with E-state index in [4.69, 9.17) is 0 Å². The van der Waals surface area contributed by atoms with Crippen molar-refractivity contribution in [3.8, 4) is 0 Å². The van der Waals surface area contributed by atoms with Gasteiger partial charge in [0.1, 0.15) is 0 Å². The summed E-state index contributed by atoms with van der Waals surface area (Å²) in [6.07, 6.45) is 4.43. The third-order valence-electron chi connectivity index (χ3n) is 3.74. The van der Waals surface area contributed by atoms with E-state index in [1.54, 1.807) is 0 Å². The van der Waals surface area contributed by atoms with E-state index in [1.165, 1.54) is 19.3 Å². The number of hydrogen-bond acceptors (Lipinski definition) is 1. The lowest BCUT2D eigenvalue weighted by Gasteiger charge is -2.35. The van der Waals surface area contributed by atoms with Gasteiger partial charge in [0.2, 0.25) is 0 Å². The molecule has 2 fully saturated rings. The summed E-state index contributed by atoms with van der Waals surface area (Å²) in [6.45, 7) is 4.71. The average Bonchev–Trinajstić information content (AvgIpc) is 2.03. The topological polar surface area (TPSA) is 3.24 Å². The van der Waals surface area contributed by atoms with E-state index < -0.39 is 0 Å². The van der Waals surface area contributed by atoms with E-state index in [9.17, 15) is 0 Å². The molecule has 0 N–H and O–H groups in total. The first-order valence-electron chi connectivity index (χ1n) is 4.92. The van der Waals surface area contributed by atoms with Gasteiger partial charge in [0.15, 0.2) is 0 Å². The summed E-state index contributed by atoms with van der Waals surface area (Å²) in [5.41, 5.74) is 0. The van der Waals surface area contributed by atoms with Crippen molar-refractivity contribution in [3.05, 3.63) is 0 Å². The van der Waals surface area contributed by atoms with Crippen LogP contribution in [0.15, 0.2) is 0 Å². The SMILES string of the molecule is CC(C)C1CC2CCC2N1C. The van der Waals surface area contributed by atoms with Crippen LogP contribution < -0.4 is 0 Å². The fourth-order valence-electron chi connectivity index (χ4n) is 2.83. The third kappa shape index (κ3) is 1.01. The molecule has 2 rings (SSSR count). The van der Waals surface area contributed by atoms with Crippen molar-refractivity contribution in [3.63, 3.8) is 0 Å². The highest BCUT2D eigenvalue weighted by atomic mass is 15.2. The van der Waals surface area contributed by atoms with Crippen LogP contribution in [0, 0.1) is 11.8 Å². The molecular weight excluding hydrogens is 134 g/mol. The molecule has 3 atom stereocenters. The van der Waals surface area contributed by atoms with E-state index in [-0.39, 0.29) is 0 Å². The van der Waals surface area contributed by atoms with Crippen molar-refractivity contribution in [1.82, 2.24) is 4.90 Å². The lowest BCUT2D eigenvalue weighted by Crippen LogP contribution is -2.40. The largest absolute Gasteiger partial charge is 0.300 e. The second-order valence-corrected chi connectivity index (χ2v) is 4.62. The summed E-state index contributed by atoms with van der Waals surface area (Å²) in [7, 11) is 2.31. The second-order valence-electron chi connectivity index (χ2n) is 4.62. The first-order valence-corrected chi connectivity index (χ1v) is 4.92. The predicted octanol–water partition coefficient (Wildman–Crippen LogP) is 2.13. The normalized spacial score (nSPS) is 44.2. The quantitative estimate of drug-likeness (QED) is 0.558. The Labute approximate surface area is 69.8 Å². The Morgan fingerprint density at radius 2 is 2.00 bits per heavy atom. The molecule has 1 aliphatic carbocycles. The minimum Gasteiger partial charge on any atom is -0.300 e. The molecular formula is C10H19N. The first-order chi connectivity index (χ1) is 5.20. The molecule has 1 aliphatic heterocycles. The van der Waals surface area contributed by atoms with Gasteiger partial charge in [-0.3, -0.25) is 4.90 Å². The summed E-state index contributed by atoms with van der Waals surface area (Å²) in [5.74, 6) is 1.91. The average molecular weight is 153 g/mol. The van der Waals surface area contributed by atoms with Crippen molar-refractivity contribution in [1.29, 1.82) is 0 Å². The maximum Gasteiger partial charge on any atom is 0.0124 e. The molecule has 1 nitrogen and oxygen atoms in total. The number of rotatable bonds is 1. The summed E-state index contributed by atoms with van der Waals surface area (Å²) < 4.78 is 0. The highest BCUT2D eigenvalue weighted by Gasteiger charge is 2.44. The molecule has 1 saturated carbocycles. The molecule has 0 radical (unpaired) electrons. The Kier molecular flexibility index (Phi) is 1.71. The molecule has 0 bridgehead atoms. The lowest BCUT2D eigenvalue weighted by molar-refractivity contribution is 0.136. The monoisotopic (exact) mass is 153 g/mol. The third-order valence-corrected chi connectivity index (χ3v) is 3.74. The van der Waals surface area contributed by atoms with Crippen LogP contribution in [0.5, 0.6) is 0 Å². The highest BCUT2D eigenvalue weighted by molar-refractivity contribution is 4.99. The van der Waals surface area contributed by atoms with Crippen molar-refractivity contribution < 1.29 is 0 Å².